The van der Waals surface area contributed by atoms with E-state index in [1.54, 1.807) is 18.2 Å². The summed E-state index contributed by atoms with van der Waals surface area (Å²) in [6, 6.07) is 1.23. The van der Waals surface area contributed by atoms with Crippen LogP contribution in [-0.4, -0.2) is 14.7 Å². The van der Waals surface area contributed by atoms with E-state index in [-0.39, 0.29) is 0 Å². The fourth-order valence-electron chi connectivity index (χ4n) is 1.39. The molecule has 2 rings (SSSR count). The number of aromatic amines is 1. The lowest BCUT2D eigenvalue weighted by molar-refractivity contribution is 0.636. The Labute approximate surface area is 106 Å². The molecule has 1 aromatic rings. The molecule has 0 radical (unpaired) electrons. The predicted molar refractivity (Wildman–Crippen MR) is 67.0 cm³/mol. The monoisotopic (exact) mass is 273 g/mol. The molecule has 1 unspecified atom stereocenters. The number of aromatic nitrogens is 2. The fourth-order valence-corrected chi connectivity index (χ4v) is 1.76. The highest BCUT2D eigenvalue weighted by Crippen LogP contribution is 2.26. The van der Waals surface area contributed by atoms with Crippen LogP contribution in [0.3, 0.4) is 0 Å². The largest absolute Gasteiger partial charge is 0.347 e. The van der Waals surface area contributed by atoms with Gasteiger partial charge in [-0.2, -0.15) is 4.68 Å². The molecule has 0 aromatic carbocycles. The molecule has 1 heterocycles. The predicted octanol–water partition coefficient (Wildman–Crippen LogP) is 1.10. The molecule has 1 aliphatic rings. The van der Waals surface area contributed by atoms with Crippen molar-refractivity contribution < 1.29 is 0 Å². The second kappa shape index (κ2) is 4.43. The van der Waals surface area contributed by atoms with Crippen LogP contribution in [0, 0.1) is 0 Å². The molecule has 90 valence electrons. The van der Waals surface area contributed by atoms with Crippen molar-refractivity contribution in [3.63, 3.8) is 0 Å². The Balaban J connectivity index is 2.31. The molecule has 0 fully saturated rings. The van der Waals surface area contributed by atoms with Crippen LogP contribution in [0.4, 0.5) is 0 Å². The minimum Gasteiger partial charge on any atom is -0.312 e. The molecule has 0 saturated carbocycles. The molecule has 0 aliphatic heterocycles. The van der Waals surface area contributed by atoms with Crippen molar-refractivity contribution in [2.75, 3.05) is 5.43 Å². The lowest BCUT2D eigenvalue weighted by atomic mass is 10.1. The zero-order chi connectivity index (χ0) is 12.5. The van der Waals surface area contributed by atoms with Gasteiger partial charge < -0.3 is 4.98 Å². The number of hydrogen-bond donors (Lipinski definition) is 2. The lowest BCUT2D eigenvalue weighted by Gasteiger charge is -2.26. The summed E-state index contributed by atoms with van der Waals surface area (Å²) < 4.78 is 0.824. The summed E-state index contributed by atoms with van der Waals surface area (Å²) in [5, 5.41) is 0.567. The smallest absolute Gasteiger partial charge is 0.312 e. The van der Waals surface area contributed by atoms with Gasteiger partial charge in [0.25, 0.3) is 5.56 Å². The molecule has 0 saturated heterocycles. The molecule has 1 aliphatic carbocycles. The van der Waals surface area contributed by atoms with Gasteiger partial charge in [0.05, 0.1) is 0 Å². The number of H-pyrrole nitrogens is 1. The van der Waals surface area contributed by atoms with Crippen LogP contribution in [0.15, 0.2) is 45.1 Å². The van der Waals surface area contributed by atoms with Crippen LogP contribution >= 0.6 is 23.2 Å². The van der Waals surface area contributed by atoms with Crippen molar-refractivity contribution in [3.05, 3.63) is 56.4 Å². The van der Waals surface area contributed by atoms with Crippen LogP contribution in [0.1, 0.15) is 6.42 Å². The maximum Gasteiger partial charge on any atom is 0.347 e. The average molecular weight is 274 g/mol. The molecule has 1 atom stereocenters. The van der Waals surface area contributed by atoms with Gasteiger partial charge in [-0.3, -0.25) is 10.2 Å². The quantitative estimate of drug-likeness (QED) is 0.627. The van der Waals surface area contributed by atoms with Gasteiger partial charge in [-0.25, -0.2) is 4.79 Å². The number of rotatable bonds is 2. The number of alkyl halides is 1. The summed E-state index contributed by atoms with van der Waals surface area (Å²) in [5.74, 6) is 0. The summed E-state index contributed by atoms with van der Waals surface area (Å²) in [6.45, 7) is 0. The average Bonchev–Trinajstić information content (AvgIpc) is 2.29. The molecular weight excluding hydrogens is 265 g/mol. The van der Waals surface area contributed by atoms with E-state index in [1.165, 1.54) is 12.3 Å². The van der Waals surface area contributed by atoms with E-state index in [9.17, 15) is 9.59 Å². The van der Waals surface area contributed by atoms with Gasteiger partial charge in [0.15, 0.2) is 0 Å². The Morgan fingerprint density at radius 2 is 2.24 bits per heavy atom. The van der Waals surface area contributed by atoms with Crippen LogP contribution in [0.5, 0.6) is 0 Å². The first-order chi connectivity index (χ1) is 8.00. The van der Waals surface area contributed by atoms with Crippen molar-refractivity contribution in [2.45, 2.75) is 11.4 Å². The first kappa shape index (κ1) is 12.0. The highest BCUT2D eigenvalue weighted by molar-refractivity contribution is 6.32. The zero-order valence-corrected chi connectivity index (χ0v) is 10.1. The third kappa shape index (κ3) is 2.62. The zero-order valence-electron chi connectivity index (χ0n) is 8.61. The molecule has 0 spiro atoms. The molecule has 0 amide bonds. The first-order valence-corrected chi connectivity index (χ1v) is 5.58. The summed E-state index contributed by atoms with van der Waals surface area (Å²) in [4.78, 5) is 24.3. The van der Waals surface area contributed by atoms with E-state index in [4.69, 9.17) is 23.2 Å². The minimum absolute atomic E-state index is 0.366. The molecule has 17 heavy (non-hydrogen) atoms. The van der Waals surface area contributed by atoms with Gasteiger partial charge in [0.1, 0.15) is 5.00 Å². The first-order valence-electron chi connectivity index (χ1n) is 4.83. The minimum atomic E-state index is -1.03. The van der Waals surface area contributed by atoms with Gasteiger partial charge >= 0.3 is 5.69 Å². The van der Waals surface area contributed by atoms with E-state index >= 15 is 0 Å². The topological polar surface area (TPSA) is 66.9 Å². The fraction of sp³-hybridized carbons (Fsp3) is 0.200. The molecule has 1 aromatic heterocycles. The number of nitrogens with one attached hydrogen (secondary N) is 2. The highest BCUT2D eigenvalue weighted by atomic mass is 35.5. The van der Waals surface area contributed by atoms with E-state index in [0.717, 1.165) is 4.68 Å². The van der Waals surface area contributed by atoms with Crippen molar-refractivity contribution in [1.82, 2.24) is 9.66 Å². The lowest BCUT2D eigenvalue weighted by Crippen LogP contribution is -2.48. The Morgan fingerprint density at radius 1 is 1.47 bits per heavy atom. The molecule has 0 bridgehead atoms. The van der Waals surface area contributed by atoms with Crippen LogP contribution in [0.2, 0.25) is 0 Å². The van der Waals surface area contributed by atoms with Gasteiger partial charge in [-0.15, -0.1) is 0 Å². The van der Waals surface area contributed by atoms with Crippen molar-refractivity contribution in [2.24, 2.45) is 0 Å². The molecular formula is C10H9Cl2N3O2. The second-order valence-corrected chi connectivity index (χ2v) is 4.67. The summed E-state index contributed by atoms with van der Waals surface area (Å²) in [6.07, 6.45) is 6.54. The number of halogens is 2. The normalized spacial score (nSPS) is 23.3. The van der Waals surface area contributed by atoms with E-state index in [0.29, 0.717) is 11.5 Å². The van der Waals surface area contributed by atoms with Gasteiger partial charge in [-0.1, -0.05) is 29.3 Å². The Hall–Kier alpha value is -1.46. The maximum atomic E-state index is 11.5. The van der Waals surface area contributed by atoms with Crippen molar-refractivity contribution in [3.8, 4) is 0 Å². The molecule has 2 N–H and O–H groups in total. The Morgan fingerprint density at radius 3 is 2.82 bits per heavy atom. The Bertz CT molecular complexity index is 574. The number of allylic oxidation sites excluding steroid dienone is 2. The van der Waals surface area contributed by atoms with E-state index in [1.807, 2.05) is 0 Å². The Kier molecular flexibility index (Phi) is 3.13. The number of nitrogens with zero attached hydrogens (tertiary/aromatic N) is 1. The highest BCUT2D eigenvalue weighted by Gasteiger charge is 2.26. The van der Waals surface area contributed by atoms with Crippen molar-refractivity contribution in [1.29, 1.82) is 0 Å². The van der Waals surface area contributed by atoms with Crippen molar-refractivity contribution >= 4 is 23.2 Å². The van der Waals surface area contributed by atoms with Gasteiger partial charge in [0.2, 0.25) is 0 Å². The van der Waals surface area contributed by atoms with Gasteiger partial charge in [0, 0.05) is 23.7 Å². The summed E-state index contributed by atoms with van der Waals surface area (Å²) in [5.41, 5.74) is 1.59. The standard InChI is InChI=1S/C10H9Cl2N3O2/c11-7-1-4-10(12,5-2-7)14-15-8(16)3-6-13-9(15)17/h1-4,6,14H,5H2,(H,13,17). The van der Waals surface area contributed by atoms with Gasteiger partial charge in [-0.05, 0) is 12.2 Å². The third-order valence-corrected chi connectivity index (χ3v) is 2.90. The summed E-state index contributed by atoms with van der Waals surface area (Å²) >= 11 is 12.0. The van der Waals surface area contributed by atoms with Crippen LogP contribution < -0.4 is 16.7 Å². The van der Waals surface area contributed by atoms with Crippen LogP contribution in [0.25, 0.3) is 0 Å². The van der Waals surface area contributed by atoms with E-state index in [2.05, 4.69) is 10.4 Å². The maximum absolute atomic E-state index is 11.5. The summed E-state index contributed by atoms with van der Waals surface area (Å²) in [7, 11) is 0. The third-order valence-electron chi connectivity index (χ3n) is 2.25. The van der Waals surface area contributed by atoms with Crippen LogP contribution in [-0.2, 0) is 0 Å². The molecule has 7 heteroatoms. The van der Waals surface area contributed by atoms with E-state index < -0.39 is 16.2 Å². The second-order valence-electron chi connectivity index (χ2n) is 3.56. The number of hydrogen-bond acceptors (Lipinski definition) is 3. The molecule has 5 nitrogen and oxygen atoms in total. The SMILES string of the molecule is O=c1cc[nH]c(=O)n1NC1(Cl)C=CC(Cl)=CC1.